The number of piperidine rings is 2. The molecule has 1 aromatic heterocycles. The second-order valence-electron chi connectivity index (χ2n) is 6.28. The van der Waals surface area contributed by atoms with Gasteiger partial charge in [-0.05, 0) is 63.5 Å². The lowest BCUT2D eigenvalue weighted by atomic mass is 10.1. The maximum atomic E-state index is 4.67. The van der Waals surface area contributed by atoms with Gasteiger partial charge in [-0.2, -0.15) is 0 Å². The number of nitrogens with zero attached hydrogens (tertiary/aromatic N) is 3. The summed E-state index contributed by atoms with van der Waals surface area (Å²) in [4.78, 5) is 9.84. The first kappa shape index (κ1) is 14.0. The normalized spacial score (nSPS) is 22.0. The lowest BCUT2D eigenvalue weighted by molar-refractivity contribution is 0.207. The number of hydrogen-bond donors (Lipinski definition) is 0. The number of aromatic nitrogens is 1. The molecule has 3 nitrogen and oxygen atoms in total. The van der Waals surface area contributed by atoms with Crippen LogP contribution in [0.25, 0.3) is 0 Å². The molecular weight excluding hydrogens is 246 g/mol. The number of hydrogen-bond acceptors (Lipinski definition) is 3. The molecule has 0 N–H and O–H groups in total. The SMILES string of the molecule is c1cnc(CN2CCCCC2)c(CN2CCCCC2)c1. The molecule has 0 unspecified atom stereocenters. The molecule has 3 heteroatoms. The van der Waals surface area contributed by atoms with Crippen molar-refractivity contribution in [2.75, 3.05) is 26.2 Å². The average molecular weight is 273 g/mol. The Morgan fingerprint density at radius 1 is 0.800 bits per heavy atom. The van der Waals surface area contributed by atoms with E-state index in [1.807, 2.05) is 6.20 Å². The van der Waals surface area contributed by atoms with E-state index in [1.165, 1.54) is 76.0 Å². The summed E-state index contributed by atoms with van der Waals surface area (Å²) in [6.45, 7) is 7.16. The van der Waals surface area contributed by atoms with Crippen molar-refractivity contribution in [3.05, 3.63) is 29.6 Å². The molecule has 0 atom stereocenters. The zero-order valence-electron chi connectivity index (χ0n) is 12.6. The second-order valence-corrected chi connectivity index (χ2v) is 6.28. The van der Waals surface area contributed by atoms with Gasteiger partial charge in [0.05, 0.1) is 5.69 Å². The third-order valence-electron chi connectivity index (χ3n) is 4.65. The number of pyridine rings is 1. The van der Waals surface area contributed by atoms with Crippen molar-refractivity contribution >= 4 is 0 Å². The average Bonchev–Trinajstić information content (AvgIpc) is 2.51. The molecule has 0 bridgehead atoms. The third kappa shape index (κ3) is 3.80. The van der Waals surface area contributed by atoms with Crippen LogP contribution in [-0.2, 0) is 13.1 Å². The van der Waals surface area contributed by atoms with E-state index in [9.17, 15) is 0 Å². The van der Waals surface area contributed by atoms with Crippen LogP contribution in [0.5, 0.6) is 0 Å². The van der Waals surface area contributed by atoms with Gasteiger partial charge in [-0.15, -0.1) is 0 Å². The maximum Gasteiger partial charge on any atom is 0.0588 e. The summed E-state index contributed by atoms with van der Waals surface area (Å²) in [6, 6.07) is 4.37. The zero-order chi connectivity index (χ0) is 13.6. The highest BCUT2D eigenvalue weighted by Gasteiger charge is 2.16. The van der Waals surface area contributed by atoms with Crippen LogP contribution in [0.15, 0.2) is 18.3 Å². The highest BCUT2D eigenvalue weighted by atomic mass is 15.1. The molecule has 0 radical (unpaired) electrons. The van der Waals surface area contributed by atoms with Gasteiger partial charge in [-0.25, -0.2) is 0 Å². The Labute approximate surface area is 123 Å². The minimum absolute atomic E-state index is 1.05. The van der Waals surface area contributed by atoms with Crippen molar-refractivity contribution in [3.8, 4) is 0 Å². The van der Waals surface area contributed by atoms with Gasteiger partial charge in [0, 0.05) is 19.3 Å². The van der Waals surface area contributed by atoms with E-state index in [2.05, 4.69) is 26.9 Å². The largest absolute Gasteiger partial charge is 0.299 e. The molecule has 3 heterocycles. The van der Waals surface area contributed by atoms with Gasteiger partial charge in [0.2, 0.25) is 0 Å². The Hall–Kier alpha value is -0.930. The predicted octanol–water partition coefficient (Wildman–Crippen LogP) is 3.05. The van der Waals surface area contributed by atoms with Gasteiger partial charge >= 0.3 is 0 Å². The standard InChI is InChI=1S/C17H27N3/c1-3-10-19(11-4-1)14-16-8-7-9-18-17(16)15-20-12-5-2-6-13-20/h7-9H,1-6,10-15H2. The lowest BCUT2D eigenvalue weighted by Gasteiger charge is -2.29. The van der Waals surface area contributed by atoms with Crippen LogP contribution in [-0.4, -0.2) is 41.0 Å². The predicted molar refractivity (Wildman–Crippen MR) is 82.5 cm³/mol. The molecule has 0 amide bonds. The summed E-state index contributed by atoms with van der Waals surface area (Å²) in [5, 5.41) is 0. The van der Waals surface area contributed by atoms with Crippen LogP contribution in [0.1, 0.15) is 49.8 Å². The first-order valence-electron chi connectivity index (χ1n) is 8.29. The molecule has 0 aliphatic carbocycles. The summed E-state index contributed by atoms with van der Waals surface area (Å²) < 4.78 is 0. The van der Waals surface area contributed by atoms with E-state index >= 15 is 0 Å². The Morgan fingerprint density at radius 3 is 2.05 bits per heavy atom. The highest BCUT2D eigenvalue weighted by Crippen LogP contribution is 2.18. The first-order chi connectivity index (χ1) is 9.92. The molecule has 0 aromatic carbocycles. The summed E-state index contributed by atoms with van der Waals surface area (Å²) in [5.74, 6) is 0. The fraction of sp³-hybridized carbons (Fsp3) is 0.706. The van der Waals surface area contributed by atoms with Gasteiger partial charge in [-0.1, -0.05) is 18.9 Å². The summed E-state index contributed by atoms with van der Waals surface area (Å²) in [6.07, 6.45) is 10.2. The Kier molecular flexibility index (Phi) is 5.04. The number of rotatable bonds is 4. The van der Waals surface area contributed by atoms with Crippen molar-refractivity contribution in [1.82, 2.24) is 14.8 Å². The van der Waals surface area contributed by atoms with E-state index < -0.39 is 0 Å². The quantitative estimate of drug-likeness (QED) is 0.840. The van der Waals surface area contributed by atoms with Crippen LogP contribution in [0.4, 0.5) is 0 Å². The molecule has 1 aromatic rings. The van der Waals surface area contributed by atoms with Gasteiger partial charge < -0.3 is 0 Å². The second kappa shape index (κ2) is 7.19. The monoisotopic (exact) mass is 273 g/mol. The third-order valence-corrected chi connectivity index (χ3v) is 4.65. The molecule has 2 fully saturated rings. The van der Waals surface area contributed by atoms with E-state index in [0.717, 1.165) is 13.1 Å². The van der Waals surface area contributed by atoms with Crippen LogP contribution in [0.3, 0.4) is 0 Å². The summed E-state index contributed by atoms with van der Waals surface area (Å²) in [5.41, 5.74) is 2.75. The van der Waals surface area contributed by atoms with E-state index in [0.29, 0.717) is 0 Å². The Balaban J connectivity index is 1.63. The van der Waals surface area contributed by atoms with Crippen molar-refractivity contribution < 1.29 is 0 Å². The van der Waals surface area contributed by atoms with Gasteiger partial charge in [0.1, 0.15) is 0 Å². The van der Waals surface area contributed by atoms with Crippen molar-refractivity contribution in [1.29, 1.82) is 0 Å². The van der Waals surface area contributed by atoms with Crippen LogP contribution in [0, 0.1) is 0 Å². The molecule has 0 spiro atoms. The lowest BCUT2D eigenvalue weighted by Crippen LogP contribution is -2.32. The zero-order valence-corrected chi connectivity index (χ0v) is 12.6. The topological polar surface area (TPSA) is 19.4 Å². The molecule has 2 aliphatic rings. The van der Waals surface area contributed by atoms with Crippen LogP contribution >= 0.6 is 0 Å². The van der Waals surface area contributed by atoms with Crippen molar-refractivity contribution in [2.24, 2.45) is 0 Å². The van der Waals surface area contributed by atoms with Gasteiger partial charge in [0.25, 0.3) is 0 Å². The molecule has 3 rings (SSSR count). The smallest absolute Gasteiger partial charge is 0.0588 e. The fourth-order valence-corrected chi connectivity index (χ4v) is 3.45. The fourth-order valence-electron chi connectivity index (χ4n) is 3.45. The number of likely N-dealkylation sites (tertiary alicyclic amines) is 2. The maximum absolute atomic E-state index is 4.67. The van der Waals surface area contributed by atoms with E-state index in [-0.39, 0.29) is 0 Å². The Morgan fingerprint density at radius 2 is 1.40 bits per heavy atom. The first-order valence-corrected chi connectivity index (χ1v) is 8.29. The minimum Gasteiger partial charge on any atom is -0.299 e. The van der Waals surface area contributed by atoms with Gasteiger partial charge in [-0.3, -0.25) is 14.8 Å². The van der Waals surface area contributed by atoms with E-state index in [4.69, 9.17) is 0 Å². The van der Waals surface area contributed by atoms with Crippen molar-refractivity contribution in [2.45, 2.75) is 51.6 Å². The molecule has 0 saturated carbocycles. The molecular formula is C17H27N3. The minimum atomic E-state index is 1.05. The molecule has 2 aliphatic heterocycles. The van der Waals surface area contributed by atoms with Crippen LogP contribution < -0.4 is 0 Å². The molecule has 2 saturated heterocycles. The Bertz CT molecular complexity index is 367. The molecule has 20 heavy (non-hydrogen) atoms. The summed E-state index contributed by atoms with van der Waals surface area (Å²) in [7, 11) is 0. The van der Waals surface area contributed by atoms with Crippen LogP contribution in [0.2, 0.25) is 0 Å². The van der Waals surface area contributed by atoms with Crippen molar-refractivity contribution in [3.63, 3.8) is 0 Å². The molecule has 110 valence electrons. The van der Waals surface area contributed by atoms with Gasteiger partial charge in [0.15, 0.2) is 0 Å². The summed E-state index contributed by atoms with van der Waals surface area (Å²) >= 11 is 0. The highest BCUT2D eigenvalue weighted by molar-refractivity contribution is 5.20. The van der Waals surface area contributed by atoms with E-state index in [1.54, 1.807) is 0 Å².